The van der Waals surface area contributed by atoms with E-state index in [0.29, 0.717) is 51.7 Å². The predicted octanol–water partition coefficient (Wildman–Crippen LogP) is 11.9. The number of rotatable bonds is 12. The Balaban J connectivity index is 0.000000225. The number of hydrogen-bond donors (Lipinski definition) is 0. The molecule has 0 radical (unpaired) electrons. The maximum atomic E-state index is 13.5. The number of likely N-dealkylation sites (tertiary alicyclic amines) is 2. The summed E-state index contributed by atoms with van der Waals surface area (Å²) in [5.74, 6) is 0.488. The van der Waals surface area contributed by atoms with Crippen molar-refractivity contribution in [2.24, 2.45) is 5.92 Å². The van der Waals surface area contributed by atoms with Crippen LogP contribution in [0.4, 0.5) is 14.0 Å². The molecule has 5 aromatic rings. The topological polar surface area (TPSA) is 112 Å². The highest BCUT2D eigenvalue weighted by molar-refractivity contribution is 5.95. The van der Waals surface area contributed by atoms with Gasteiger partial charge in [0.25, 0.3) is 0 Å². The van der Waals surface area contributed by atoms with Gasteiger partial charge >= 0.3 is 12.2 Å². The highest BCUT2D eigenvalue weighted by Crippen LogP contribution is 2.31. The molecule has 0 N–H and O–H groups in total. The Morgan fingerprint density at radius 2 is 0.955 bits per heavy atom. The molecule has 2 fully saturated rings. The molecule has 348 valence electrons. The van der Waals surface area contributed by atoms with E-state index in [4.69, 9.17) is 18.9 Å². The molecule has 11 heteroatoms. The first-order valence-electron chi connectivity index (χ1n) is 22.9. The molecule has 0 unspecified atom stereocenters. The number of halogens is 1. The quantitative estimate of drug-likeness (QED) is 0.122. The van der Waals surface area contributed by atoms with Crippen molar-refractivity contribution in [1.29, 1.82) is 0 Å². The number of imide groups is 2. The lowest BCUT2D eigenvalue weighted by Gasteiger charge is -2.38. The summed E-state index contributed by atoms with van der Waals surface area (Å²) in [6, 6.07) is 41.3. The smallest absolute Gasteiger partial charge is 0.417 e. The van der Waals surface area contributed by atoms with Gasteiger partial charge in [0.05, 0.1) is 0 Å². The van der Waals surface area contributed by atoms with Gasteiger partial charge < -0.3 is 18.9 Å². The highest BCUT2D eigenvalue weighted by Gasteiger charge is 2.41. The summed E-state index contributed by atoms with van der Waals surface area (Å²) in [5.41, 5.74) is 3.80. The summed E-state index contributed by atoms with van der Waals surface area (Å²) < 4.78 is 36.1. The molecular formula is C55H63FN2O8. The first-order valence-corrected chi connectivity index (χ1v) is 22.9. The summed E-state index contributed by atoms with van der Waals surface area (Å²) in [7, 11) is 0. The van der Waals surface area contributed by atoms with Crippen LogP contribution in [0.25, 0.3) is 0 Å². The van der Waals surface area contributed by atoms with E-state index >= 15 is 0 Å². The number of piperidine rings is 2. The molecule has 3 atom stereocenters. The maximum Gasteiger partial charge on any atom is 0.417 e. The van der Waals surface area contributed by atoms with Crippen molar-refractivity contribution in [1.82, 2.24) is 9.80 Å². The lowest BCUT2D eigenvalue weighted by atomic mass is 9.85. The third-order valence-electron chi connectivity index (χ3n) is 11.2. The third kappa shape index (κ3) is 15.0. The summed E-state index contributed by atoms with van der Waals surface area (Å²) >= 11 is 0. The second kappa shape index (κ2) is 22.6. The second-order valence-corrected chi connectivity index (χ2v) is 19.0. The molecule has 0 aromatic heterocycles. The fourth-order valence-electron chi connectivity index (χ4n) is 8.03. The Labute approximate surface area is 389 Å². The van der Waals surface area contributed by atoms with E-state index in [1.54, 1.807) is 32.9 Å². The summed E-state index contributed by atoms with van der Waals surface area (Å²) in [4.78, 5) is 54.3. The monoisotopic (exact) mass is 898 g/mol. The standard InChI is InChI=1S/C31H34FNO4.C24H29NO4/c1-31(2,3)37-30(35)33-27(16-13-25(29(33)34)19-22-9-14-26(32)15-10-22)20-23-11-17-28(18-12-23)36-21-24-7-5-4-6-8-24;1-24(2,3)29-23(27)25-20(10-7-11-22(25)26)16-18-12-14-21(15-13-18)28-17-19-8-5-4-6-9-19/h4-12,14-15,17-18,25,27H,13,16,19-21H2,1-3H3;4-6,8-9,12-15,20H,7,10-11,16-17H2,1-3H3/t25-,27-;20-/m11/s1. The Kier molecular flexibility index (Phi) is 16.8. The molecule has 4 amide bonds. The first kappa shape index (κ1) is 49.0. The minimum Gasteiger partial charge on any atom is -0.489 e. The van der Waals surface area contributed by atoms with Gasteiger partial charge in [-0.15, -0.1) is 0 Å². The molecule has 2 heterocycles. The van der Waals surface area contributed by atoms with Crippen LogP contribution in [-0.4, -0.2) is 57.1 Å². The Hall–Kier alpha value is -6.49. The number of carbonyl (C=O) groups excluding carboxylic acids is 4. The number of benzene rings is 5. The number of nitrogens with zero attached hydrogens (tertiary/aromatic N) is 2. The van der Waals surface area contributed by atoms with Gasteiger partial charge in [-0.25, -0.2) is 23.8 Å². The molecule has 66 heavy (non-hydrogen) atoms. The van der Waals surface area contributed by atoms with Crippen LogP contribution in [0.2, 0.25) is 0 Å². The molecule has 7 rings (SSSR count). The average molecular weight is 899 g/mol. The van der Waals surface area contributed by atoms with Crippen molar-refractivity contribution in [3.8, 4) is 11.5 Å². The lowest BCUT2D eigenvalue weighted by Crippen LogP contribution is -2.53. The van der Waals surface area contributed by atoms with Crippen LogP contribution < -0.4 is 9.47 Å². The van der Waals surface area contributed by atoms with Gasteiger partial charge in [0, 0.05) is 24.4 Å². The molecule has 2 aliphatic heterocycles. The highest BCUT2D eigenvalue weighted by atomic mass is 19.1. The van der Waals surface area contributed by atoms with Gasteiger partial charge in [-0.1, -0.05) is 97.1 Å². The van der Waals surface area contributed by atoms with E-state index in [1.807, 2.05) is 130 Å². The zero-order valence-electron chi connectivity index (χ0n) is 39.0. The fraction of sp³-hybridized carbons (Fsp3) is 0.382. The van der Waals surface area contributed by atoms with Crippen molar-refractivity contribution in [2.75, 3.05) is 0 Å². The molecule has 0 aliphatic carbocycles. The van der Waals surface area contributed by atoms with Crippen molar-refractivity contribution in [3.63, 3.8) is 0 Å². The SMILES string of the molecule is CC(C)(C)OC(=O)N1C(=O)CCC[C@@H]1Cc1ccc(OCc2ccccc2)cc1.CC(C)(C)OC(=O)N1C(=O)[C@@H](Cc2ccc(F)cc2)CC[C@@H]1Cc1ccc(OCc2ccccc2)cc1. The fourth-order valence-corrected chi connectivity index (χ4v) is 8.03. The van der Waals surface area contributed by atoms with Crippen LogP contribution in [0.5, 0.6) is 11.5 Å². The molecule has 0 spiro atoms. The Morgan fingerprint density at radius 1 is 0.530 bits per heavy atom. The van der Waals surface area contributed by atoms with E-state index in [2.05, 4.69) is 0 Å². The van der Waals surface area contributed by atoms with Gasteiger partial charge in [0.15, 0.2) is 0 Å². The normalized spacial score (nSPS) is 17.6. The molecular weight excluding hydrogens is 836 g/mol. The van der Waals surface area contributed by atoms with Gasteiger partial charge in [0.2, 0.25) is 11.8 Å². The number of ether oxygens (including phenoxy) is 4. The molecule has 2 saturated heterocycles. The van der Waals surface area contributed by atoms with Crippen LogP contribution in [-0.2, 0) is 51.5 Å². The van der Waals surface area contributed by atoms with Crippen LogP contribution in [0, 0.1) is 11.7 Å². The molecule has 0 bridgehead atoms. The third-order valence-corrected chi connectivity index (χ3v) is 11.2. The number of carbonyl (C=O) groups is 4. The number of amides is 4. The minimum absolute atomic E-state index is 0.154. The zero-order chi connectivity index (χ0) is 47.3. The Bertz CT molecular complexity index is 2340. The average Bonchev–Trinajstić information content (AvgIpc) is 3.27. The van der Waals surface area contributed by atoms with Crippen LogP contribution in [0.1, 0.15) is 101 Å². The first-order chi connectivity index (χ1) is 31.5. The van der Waals surface area contributed by atoms with Gasteiger partial charge in [-0.05, 0) is 151 Å². The van der Waals surface area contributed by atoms with Gasteiger partial charge in [-0.3, -0.25) is 9.59 Å². The van der Waals surface area contributed by atoms with Crippen molar-refractivity contribution >= 4 is 24.0 Å². The van der Waals surface area contributed by atoms with Crippen molar-refractivity contribution in [2.45, 2.75) is 129 Å². The predicted molar refractivity (Wildman–Crippen MR) is 252 cm³/mol. The van der Waals surface area contributed by atoms with E-state index < -0.39 is 23.4 Å². The van der Waals surface area contributed by atoms with E-state index in [9.17, 15) is 23.6 Å². The van der Waals surface area contributed by atoms with Crippen molar-refractivity contribution < 1.29 is 42.5 Å². The largest absolute Gasteiger partial charge is 0.489 e. The number of hydrogen-bond acceptors (Lipinski definition) is 8. The van der Waals surface area contributed by atoms with Crippen LogP contribution in [0.15, 0.2) is 133 Å². The molecule has 10 nitrogen and oxygen atoms in total. The van der Waals surface area contributed by atoms with E-state index in [0.717, 1.165) is 52.2 Å². The Morgan fingerprint density at radius 3 is 1.42 bits per heavy atom. The van der Waals surface area contributed by atoms with E-state index in [1.165, 1.54) is 21.9 Å². The molecule has 5 aromatic carbocycles. The maximum absolute atomic E-state index is 13.5. The molecule has 2 aliphatic rings. The summed E-state index contributed by atoms with van der Waals surface area (Å²) in [6.45, 7) is 11.8. The summed E-state index contributed by atoms with van der Waals surface area (Å²) in [6.07, 6.45) is 3.74. The van der Waals surface area contributed by atoms with Crippen LogP contribution >= 0.6 is 0 Å². The summed E-state index contributed by atoms with van der Waals surface area (Å²) in [5, 5.41) is 0. The van der Waals surface area contributed by atoms with E-state index in [-0.39, 0.29) is 35.6 Å². The van der Waals surface area contributed by atoms with Gasteiger partial charge in [0.1, 0.15) is 41.7 Å². The van der Waals surface area contributed by atoms with Crippen molar-refractivity contribution in [3.05, 3.63) is 167 Å². The van der Waals surface area contributed by atoms with Crippen LogP contribution in [0.3, 0.4) is 0 Å². The second-order valence-electron chi connectivity index (χ2n) is 19.0. The lowest BCUT2D eigenvalue weighted by molar-refractivity contribution is -0.140. The molecule has 0 saturated carbocycles. The zero-order valence-corrected chi connectivity index (χ0v) is 39.0. The minimum atomic E-state index is -0.719. The van der Waals surface area contributed by atoms with Gasteiger partial charge in [-0.2, -0.15) is 0 Å².